The first-order valence-electron chi connectivity index (χ1n) is 5.05. The Bertz CT molecular complexity index is 585. The molecule has 0 amide bonds. The number of halogens is 1. The van der Waals surface area contributed by atoms with Crippen molar-refractivity contribution in [3.8, 4) is 0 Å². The maximum Gasteiger partial charge on any atom is 0.169 e. The topological polar surface area (TPSA) is 54.6 Å². The fraction of sp³-hybridized carbons (Fsp3) is 0.182. The average molecular weight is 341 g/mol. The third-order valence-corrected chi connectivity index (χ3v) is 3.01. The zero-order valence-corrected chi connectivity index (χ0v) is 11.7. The van der Waals surface area contributed by atoms with E-state index >= 15 is 0 Å². The summed E-state index contributed by atoms with van der Waals surface area (Å²) in [5.74, 6) is 0. The Morgan fingerprint density at radius 1 is 1.53 bits per heavy atom. The molecule has 0 atom stereocenters. The molecule has 0 fully saturated rings. The summed E-state index contributed by atoms with van der Waals surface area (Å²) in [5, 5.41) is 3.01. The van der Waals surface area contributed by atoms with E-state index in [0.29, 0.717) is 0 Å². The van der Waals surface area contributed by atoms with Crippen molar-refractivity contribution in [2.75, 3.05) is 14.1 Å². The predicted molar refractivity (Wildman–Crippen MR) is 77.2 cm³/mol. The van der Waals surface area contributed by atoms with Crippen molar-refractivity contribution in [2.45, 2.75) is 0 Å². The molecule has 0 saturated heterocycles. The van der Waals surface area contributed by atoms with Gasteiger partial charge in [-0.15, -0.1) is 0 Å². The average Bonchev–Trinajstić information content (AvgIpc) is 2.74. The summed E-state index contributed by atoms with van der Waals surface area (Å²) in [7, 11) is 3.61. The van der Waals surface area contributed by atoms with Gasteiger partial charge in [0.15, 0.2) is 5.65 Å². The molecule has 0 aromatic carbocycles. The Morgan fingerprint density at radius 2 is 2.35 bits per heavy atom. The van der Waals surface area contributed by atoms with E-state index in [2.05, 4.69) is 42.9 Å². The van der Waals surface area contributed by atoms with Crippen molar-refractivity contribution >= 4 is 40.0 Å². The summed E-state index contributed by atoms with van der Waals surface area (Å²) in [5.41, 5.74) is 2.82. The number of aliphatic imine (C=N–C) groups is 1. The van der Waals surface area contributed by atoms with E-state index in [1.807, 2.05) is 30.0 Å². The zero-order chi connectivity index (χ0) is 12.3. The van der Waals surface area contributed by atoms with Crippen LogP contribution in [-0.2, 0) is 0 Å². The first-order valence-corrected chi connectivity index (χ1v) is 6.13. The van der Waals surface area contributed by atoms with E-state index in [4.69, 9.17) is 0 Å². The molecule has 2 aromatic rings. The number of allylic oxidation sites excluding steroid dienone is 1. The van der Waals surface area contributed by atoms with Crippen LogP contribution in [0, 0.1) is 3.70 Å². The number of hydrogen-bond donors (Lipinski definition) is 1. The van der Waals surface area contributed by atoms with Crippen molar-refractivity contribution in [1.82, 2.24) is 19.7 Å². The summed E-state index contributed by atoms with van der Waals surface area (Å²) in [4.78, 5) is 12.6. The fourth-order valence-corrected chi connectivity index (χ4v) is 2.13. The Kier molecular flexibility index (Phi) is 3.72. The van der Waals surface area contributed by atoms with E-state index < -0.39 is 0 Å². The Labute approximate surface area is 113 Å². The Morgan fingerprint density at radius 3 is 3.06 bits per heavy atom. The number of hydrogen-bond acceptors (Lipinski definition) is 4. The van der Waals surface area contributed by atoms with Crippen LogP contribution in [0.15, 0.2) is 29.8 Å². The van der Waals surface area contributed by atoms with Crippen LogP contribution in [0.3, 0.4) is 0 Å². The molecule has 2 heterocycles. The third kappa shape index (κ3) is 2.31. The Balaban J connectivity index is 2.62. The number of aromatic nitrogens is 3. The van der Waals surface area contributed by atoms with Crippen molar-refractivity contribution < 1.29 is 0 Å². The highest BCUT2D eigenvalue weighted by Crippen LogP contribution is 2.16. The van der Waals surface area contributed by atoms with Crippen molar-refractivity contribution in [3.63, 3.8) is 0 Å². The molecule has 17 heavy (non-hydrogen) atoms. The van der Waals surface area contributed by atoms with E-state index in [1.165, 1.54) is 0 Å². The van der Waals surface area contributed by atoms with E-state index in [-0.39, 0.29) is 0 Å². The van der Waals surface area contributed by atoms with Gasteiger partial charge in [0.1, 0.15) is 3.70 Å². The second-order valence-corrected chi connectivity index (χ2v) is 4.35. The highest BCUT2D eigenvalue weighted by molar-refractivity contribution is 14.1. The first-order chi connectivity index (χ1) is 8.27. The van der Waals surface area contributed by atoms with Gasteiger partial charge in [-0.1, -0.05) is 0 Å². The summed E-state index contributed by atoms with van der Waals surface area (Å²) in [6, 6.07) is 0. The SMILES string of the molecule is CN=C/C(=C\NC)c1cnc2c(I)nccn12. The second kappa shape index (κ2) is 5.26. The molecule has 0 aliphatic heterocycles. The minimum atomic E-state index is 0.856. The van der Waals surface area contributed by atoms with Gasteiger partial charge < -0.3 is 5.32 Å². The number of nitrogens with one attached hydrogen (secondary N) is 1. The maximum atomic E-state index is 4.37. The van der Waals surface area contributed by atoms with Crippen molar-refractivity contribution in [2.24, 2.45) is 4.99 Å². The molecule has 5 nitrogen and oxygen atoms in total. The van der Waals surface area contributed by atoms with Gasteiger partial charge >= 0.3 is 0 Å². The molecule has 2 aromatic heterocycles. The van der Waals surface area contributed by atoms with E-state index in [9.17, 15) is 0 Å². The molecule has 6 heteroatoms. The number of fused-ring (bicyclic) bond motifs is 1. The highest BCUT2D eigenvalue weighted by atomic mass is 127. The second-order valence-electron chi connectivity index (χ2n) is 3.33. The summed E-state index contributed by atoms with van der Waals surface area (Å²) >= 11 is 2.17. The molecule has 1 N–H and O–H groups in total. The Hall–Kier alpha value is -1.44. The molecular weight excluding hydrogens is 329 g/mol. The van der Waals surface area contributed by atoms with Gasteiger partial charge in [0, 0.05) is 44.5 Å². The quantitative estimate of drug-likeness (QED) is 0.682. The maximum absolute atomic E-state index is 4.37. The van der Waals surface area contributed by atoms with Gasteiger partial charge in [-0.25, -0.2) is 9.97 Å². The molecular formula is C11H12IN5. The molecule has 0 aliphatic rings. The van der Waals surface area contributed by atoms with Crippen LogP contribution in [0.5, 0.6) is 0 Å². The van der Waals surface area contributed by atoms with Crippen LogP contribution in [0.4, 0.5) is 0 Å². The van der Waals surface area contributed by atoms with Crippen LogP contribution in [0.1, 0.15) is 5.69 Å². The lowest BCUT2D eigenvalue weighted by Gasteiger charge is -2.02. The van der Waals surface area contributed by atoms with Gasteiger partial charge in [0.05, 0.1) is 11.9 Å². The lowest BCUT2D eigenvalue weighted by molar-refractivity contribution is 1.08. The summed E-state index contributed by atoms with van der Waals surface area (Å²) in [6.45, 7) is 0. The third-order valence-electron chi connectivity index (χ3n) is 2.25. The molecule has 0 bridgehead atoms. The zero-order valence-electron chi connectivity index (χ0n) is 9.55. The molecule has 0 aliphatic carbocycles. The number of imidazole rings is 1. The van der Waals surface area contributed by atoms with Gasteiger partial charge in [-0.3, -0.25) is 9.39 Å². The van der Waals surface area contributed by atoms with Gasteiger partial charge in [-0.2, -0.15) is 0 Å². The number of rotatable bonds is 3. The molecule has 0 radical (unpaired) electrons. The molecule has 0 spiro atoms. The van der Waals surface area contributed by atoms with E-state index in [0.717, 1.165) is 20.6 Å². The summed E-state index contributed by atoms with van der Waals surface area (Å²) in [6.07, 6.45) is 9.17. The molecule has 0 unspecified atom stereocenters. The minimum Gasteiger partial charge on any atom is -0.393 e. The summed E-state index contributed by atoms with van der Waals surface area (Å²) < 4.78 is 2.88. The van der Waals surface area contributed by atoms with Gasteiger partial charge in [0.2, 0.25) is 0 Å². The van der Waals surface area contributed by atoms with Crippen LogP contribution in [0.2, 0.25) is 0 Å². The fourth-order valence-electron chi connectivity index (χ4n) is 1.57. The predicted octanol–water partition coefficient (Wildman–Crippen LogP) is 1.59. The largest absolute Gasteiger partial charge is 0.393 e. The van der Waals surface area contributed by atoms with Gasteiger partial charge in [0.25, 0.3) is 0 Å². The van der Waals surface area contributed by atoms with Crippen LogP contribution in [0.25, 0.3) is 11.2 Å². The normalized spacial score (nSPS) is 12.5. The number of nitrogens with zero attached hydrogens (tertiary/aromatic N) is 4. The smallest absolute Gasteiger partial charge is 0.169 e. The van der Waals surface area contributed by atoms with Crippen LogP contribution < -0.4 is 5.32 Å². The van der Waals surface area contributed by atoms with Crippen LogP contribution in [-0.4, -0.2) is 34.7 Å². The van der Waals surface area contributed by atoms with Crippen molar-refractivity contribution in [1.29, 1.82) is 0 Å². The monoisotopic (exact) mass is 341 g/mol. The van der Waals surface area contributed by atoms with Crippen molar-refractivity contribution in [3.05, 3.63) is 34.2 Å². The first kappa shape index (κ1) is 12.0. The molecule has 0 saturated carbocycles. The lowest BCUT2D eigenvalue weighted by Crippen LogP contribution is -2.01. The standard InChI is InChI=1S/C11H12IN5/c1-13-5-8(6-14-2)9-7-16-11-10(12)15-3-4-17(9)11/h3-7,13H,1-2H3/b8-5+,14-6?. The van der Waals surface area contributed by atoms with E-state index in [1.54, 1.807) is 19.5 Å². The minimum absolute atomic E-state index is 0.856. The highest BCUT2D eigenvalue weighted by Gasteiger charge is 2.09. The molecule has 2 rings (SSSR count). The van der Waals surface area contributed by atoms with Gasteiger partial charge in [-0.05, 0) is 22.6 Å². The molecule has 88 valence electrons. The lowest BCUT2D eigenvalue weighted by atomic mass is 10.2. The van der Waals surface area contributed by atoms with Crippen LogP contribution >= 0.6 is 22.6 Å².